The van der Waals surface area contributed by atoms with Gasteiger partial charge in [-0.1, -0.05) is 12.6 Å². The summed E-state index contributed by atoms with van der Waals surface area (Å²) in [4.78, 5) is 46.7. The number of carbonyl (C=O) groups excluding carboxylic acids is 3. The Balaban J connectivity index is 1.37. The number of ether oxygens (including phenoxy) is 2. The molecule has 12 heteroatoms. The third kappa shape index (κ3) is 4.97. The second-order valence-corrected chi connectivity index (χ2v) is 12.4. The molecule has 2 aliphatic heterocycles. The second kappa shape index (κ2) is 11.3. The van der Waals surface area contributed by atoms with Crippen LogP contribution in [0.1, 0.15) is 63.8 Å². The zero-order valence-electron chi connectivity index (χ0n) is 24.1. The number of amides is 2. The predicted octanol–water partition coefficient (Wildman–Crippen LogP) is 2.44. The topological polar surface area (TPSA) is 176 Å². The molecule has 0 bridgehead atoms. The van der Waals surface area contributed by atoms with Crippen molar-refractivity contribution in [2.24, 2.45) is 11.5 Å². The van der Waals surface area contributed by atoms with Gasteiger partial charge >= 0.3 is 0 Å². The van der Waals surface area contributed by atoms with Gasteiger partial charge in [0.2, 0.25) is 11.8 Å². The third-order valence-corrected chi connectivity index (χ3v) is 9.96. The molecular weight excluding hydrogens is 568 g/mol. The zero-order chi connectivity index (χ0) is 30.5. The highest BCUT2D eigenvalue weighted by Crippen LogP contribution is 2.50. The third-order valence-electron chi connectivity index (χ3n) is 8.70. The largest absolute Gasteiger partial charge is 0.474 e. The molecule has 1 aromatic carbocycles. The number of benzene rings is 1. The molecule has 2 fully saturated rings. The first-order chi connectivity index (χ1) is 20.6. The number of Topliss-reactive ketones (excluding diaryl/α,β-unsaturated/α-hetero) is 1. The van der Waals surface area contributed by atoms with E-state index in [0.717, 1.165) is 25.7 Å². The monoisotopic (exact) mass is 604 g/mol. The summed E-state index contributed by atoms with van der Waals surface area (Å²) in [6.07, 6.45) is 4.32. The maximum atomic E-state index is 14.2. The fraction of sp³-hybridized carbons (Fsp3) is 0.419. The molecule has 4 heterocycles. The molecule has 3 aromatic rings. The minimum atomic E-state index is -1.61. The number of piperidine rings is 1. The quantitative estimate of drug-likeness (QED) is 0.243. The SMILES string of the molecule is C=CC(=O)N1CCCC(NC(=O)c2sc3c(N)ccc4c3c2C(N)C(=O)C4(N)c2ccc(OC3CCOCC3)nc2C)C1. The summed E-state index contributed by atoms with van der Waals surface area (Å²) in [5.74, 6) is -0.521. The van der Waals surface area contributed by atoms with Crippen LogP contribution in [-0.2, 0) is 19.9 Å². The fourth-order valence-electron chi connectivity index (χ4n) is 6.49. The highest BCUT2D eigenvalue weighted by Gasteiger charge is 2.49. The van der Waals surface area contributed by atoms with Crippen LogP contribution in [0.2, 0.25) is 0 Å². The second-order valence-electron chi connectivity index (χ2n) is 11.4. The Morgan fingerprint density at radius 2 is 1.95 bits per heavy atom. The summed E-state index contributed by atoms with van der Waals surface area (Å²) < 4.78 is 12.1. The van der Waals surface area contributed by atoms with E-state index in [9.17, 15) is 14.4 Å². The summed E-state index contributed by atoms with van der Waals surface area (Å²) in [5, 5.41) is 3.68. The van der Waals surface area contributed by atoms with Gasteiger partial charge in [-0.25, -0.2) is 4.98 Å². The minimum absolute atomic E-state index is 0.0110. The zero-order valence-corrected chi connectivity index (χ0v) is 24.9. The summed E-state index contributed by atoms with van der Waals surface area (Å²) >= 11 is 1.20. The molecule has 0 saturated carbocycles. The molecule has 3 unspecified atom stereocenters. The minimum Gasteiger partial charge on any atom is -0.474 e. The van der Waals surface area contributed by atoms with E-state index < -0.39 is 17.4 Å². The molecule has 2 aromatic heterocycles. The van der Waals surface area contributed by atoms with Gasteiger partial charge in [0.15, 0.2) is 5.78 Å². The number of carbonyl (C=O) groups is 3. The lowest BCUT2D eigenvalue weighted by Crippen LogP contribution is -2.53. The van der Waals surface area contributed by atoms with E-state index in [0.29, 0.717) is 75.2 Å². The molecule has 43 heavy (non-hydrogen) atoms. The van der Waals surface area contributed by atoms with Gasteiger partial charge in [0.1, 0.15) is 11.6 Å². The van der Waals surface area contributed by atoms with Crippen LogP contribution in [0.5, 0.6) is 5.88 Å². The van der Waals surface area contributed by atoms with Gasteiger partial charge in [-0.3, -0.25) is 14.4 Å². The Bertz CT molecular complexity index is 1630. The maximum Gasteiger partial charge on any atom is 0.262 e. The van der Waals surface area contributed by atoms with Crippen molar-refractivity contribution in [3.05, 3.63) is 64.2 Å². The number of likely N-dealkylation sites (tertiary alicyclic amines) is 1. The molecule has 7 N–H and O–H groups in total. The van der Waals surface area contributed by atoms with Crippen molar-refractivity contribution >= 4 is 44.7 Å². The molecule has 226 valence electrons. The first-order valence-corrected chi connectivity index (χ1v) is 15.3. The summed E-state index contributed by atoms with van der Waals surface area (Å²) in [5.41, 5.74) is 21.0. The number of thiophene rings is 1. The van der Waals surface area contributed by atoms with E-state index in [4.69, 9.17) is 26.7 Å². The van der Waals surface area contributed by atoms with Crippen LogP contribution in [0.3, 0.4) is 0 Å². The molecule has 0 radical (unpaired) electrons. The first kappa shape index (κ1) is 29.2. The number of aromatic nitrogens is 1. The number of nitrogens with one attached hydrogen (secondary N) is 1. The highest BCUT2D eigenvalue weighted by molar-refractivity contribution is 7.21. The number of nitrogens with two attached hydrogens (primary N) is 3. The van der Waals surface area contributed by atoms with Crippen LogP contribution in [0.4, 0.5) is 5.69 Å². The fourth-order valence-corrected chi connectivity index (χ4v) is 7.69. The molecular formula is C31H36N6O5S. The number of nitrogens with zero attached hydrogens (tertiary/aromatic N) is 2. The number of rotatable bonds is 6. The smallest absolute Gasteiger partial charge is 0.262 e. The van der Waals surface area contributed by atoms with Crippen molar-refractivity contribution in [2.45, 2.75) is 56.3 Å². The normalized spacial score (nSPS) is 24.2. The van der Waals surface area contributed by atoms with Crippen molar-refractivity contribution in [3.8, 4) is 5.88 Å². The van der Waals surface area contributed by atoms with Crippen LogP contribution in [0.15, 0.2) is 36.9 Å². The number of anilines is 1. The van der Waals surface area contributed by atoms with E-state index in [1.165, 1.54) is 17.4 Å². The van der Waals surface area contributed by atoms with Crippen LogP contribution >= 0.6 is 11.3 Å². The average molecular weight is 605 g/mol. The first-order valence-electron chi connectivity index (χ1n) is 14.5. The Hall–Kier alpha value is -3.84. The van der Waals surface area contributed by atoms with Crippen molar-refractivity contribution in [1.82, 2.24) is 15.2 Å². The van der Waals surface area contributed by atoms with Gasteiger partial charge in [0, 0.05) is 65.9 Å². The number of ketones is 1. The van der Waals surface area contributed by atoms with Crippen molar-refractivity contribution < 1.29 is 23.9 Å². The Morgan fingerprint density at radius 3 is 2.67 bits per heavy atom. The van der Waals surface area contributed by atoms with E-state index >= 15 is 0 Å². The number of pyridine rings is 1. The van der Waals surface area contributed by atoms with Crippen molar-refractivity contribution in [3.63, 3.8) is 0 Å². The molecule has 0 spiro atoms. The van der Waals surface area contributed by atoms with Gasteiger partial charge in [-0.15, -0.1) is 11.3 Å². The molecule has 3 aliphatic rings. The summed E-state index contributed by atoms with van der Waals surface area (Å²) in [6.45, 7) is 7.63. The lowest BCUT2D eigenvalue weighted by atomic mass is 9.70. The van der Waals surface area contributed by atoms with Gasteiger partial charge in [-0.2, -0.15) is 0 Å². The van der Waals surface area contributed by atoms with E-state index in [1.807, 2.05) is 0 Å². The number of hydrogen-bond donors (Lipinski definition) is 4. The van der Waals surface area contributed by atoms with Gasteiger partial charge in [0.05, 0.1) is 28.8 Å². The van der Waals surface area contributed by atoms with Crippen LogP contribution < -0.4 is 27.3 Å². The molecule has 11 nitrogen and oxygen atoms in total. The van der Waals surface area contributed by atoms with E-state index in [2.05, 4.69) is 16.9 Å². The lowest BCUT2D eigenvalue weighted by molar-refractivity contribution is -0.127. The highest BCUT2D eigenvalue weighted by atomic mass is 32.1. The van der Waals surface area contributed by atoms with Gasteiger partial charge < -0.3 is 36.9 Å². The van der Waals surface area contributed by atoms with E-state index in [1.54, 1.807) is 36.1 Å². The molecule has 2 amide bonds. The predicted molar refractivity (Wildman–Crippen MR) is 164 cm³/mol. The average Bonchev–Trinajstić information content (AvgIpc) is 3.42. The molecule has 6 rings (SSSR count). The Labute approximate surface area is 253 Å². The van der Waals surface area contributed by atoms with Crippen molar-refractivity contribution in [2.75, 3.05) is 32.0 Å². The Morgan fingerprint density at radius 1 is 1.21 bits per heavy atom. The number of nitrogen functional groups attached to an aromatic ring is 1. The van der Waals surface area contributed by atoms with Crippen LogP contribution in [0.25, 0.3) is 10.1 Å². The Kier molecular flexibility index (Phi) is 7.71. The summed E-state index contributed by atoms with van der Waals surface area (Å²) in [6, 6.07) is 5.53. The molecule has 3 atom stereocenters. The van der Waals surface area contributed by atoms with E-state index in [-0.39, 0.29) is 24.0 Å². The molecule has 2 saturated heterocycles. The summed E-state index contributed by atoms with van der Waals surface area (Å²) in [7, 11) is 0. The van der Waals surface area contributed by atoms with Crippen LogP contribution in [0, 0.1) is 6.92 Å². The van der Waals surface area contributed by atoms with Crippen LogP contribution in [-0.4, -0.2) is 65.9 Å². The number of hydrogen-bond acceptors (Lipinski definition) is 10. The lowest BCUT2D eigenvalue weighted by Gasteiger charge is -2.37. The van der Waals surface area contributed by atoms with Gasteiger partial charge in [0.25, 0.3) is 5.91 Å². The molecule has 1 aliphatic carbocycles. The van der Waals surface area contributed by atoms with Gasteiger partial charge in [-0.05, 0) is 43.5 Å². The maximum absolute atomic E-state index is 14.2. The van der Waals surface area contributed by atoms with Crippen molar-refractivity contribution in [1.29, 1.82) is 0 Å². The standard InChI is InChI=1S/C31H36N6O5S/c1-3-23(38)37-12-4-5-17(15-37)36-30(40)28-25-24-20(6-8-21(32)27(24)43-28)31(34,29(39)26(25)33)19-7-9-22(35-16(19)2)42-18-10-13-41-14-11-18/h3,6-9,17-18,26H,1,4-5,10-15,32-34H2,2H3,(H,36,40). The number of aryl methyl sites for hydroxylation is 1.